The Kier molecular flexibility index (Phi) is 6.51. The molecule has 0 radical (unpaired) electrons. The van der Waals surface area contributed by atoms with Crippen LogP contribution >= 0.6 is 11.6 Å². The van der Waals surface area contributed by atoms with E-state index < -0.39 is 12.8 Å². The van der Waals surface area contributed by atoms with Crippen molar-refractivity contribution in [3.8, 4) is 11.6 Å². The first-order chi connectivity index (χ1) is 12.3. The molecule has 0 saturated carbocycles. The SMILES string of the molecule is COc1ccc(NC(N)=NCc2cccnc2OCC(F)(F)F)cc1Cl. The highest BCUT2D eigenvalue weighted by Gasteiger charge is 2.29. The van der Waals surface area contributed by atoms with Crippen molar-refractivity contribution in [3.05, 3.63) is 47.1 Å². The van der Waals surface area contributed by atoms with Crippen molar-refractivity contribution >= 4 is 23.2 Å². The lowest BCUT2D eigenvalue weighted by Crippen LogP contribution is -2.23. The van der Waals surface area contributed by atoms with Gasteiger partial charge >= 0.3 is 6.18 Å². The lowest BCUT2D eigenvalue weighted by molar-refractivity contribution is -0.154. The number of ether oxygens (including phenoxy) is 2. The number of alkyl halides is 3. The van der Waals surface area contributed by atoms with Crippen molar-refractivity contribution in [1.29, 1.82) is 0 Å². The maximum Gasteiger partial charge on any atom is 0.422 e. The fraction of sp³-hybridized carbons (Fsp3) is 0.250. The van der Waals surface area contributed by atoms with Gasteiger partial charge in [-0.3, -0.25) is 0 Å². The van der Waals surface area contributed by atoms with E-state index in [0.717, 1.165) is 0 Å². The summed E-state index contributed by atoms with van der Waals surface area (Å²) in [4.78, 5) is 7.87. The average molecular weight is 389 g/mol. The van der Waals surface area contributed by atoms with E-state index in [4.69, 9.17) is 26.8 Å². The molecule has 0 atom stereocenters. The molecule has 0 amide bonds. The molecule has 0 aliphatic heterocycles. The quantitative estimate of drug-likeness (QED) is 0.583. The van der Waals surface area contributed by atoms with Gasteiger partial charge in [0.1, 0.15) is 5.75 Å². The van der Waals surface area contributed by atoms with Crippen molar-refractivity contribution in [2.45, 2.75) is 12.7 Å². The summed E-state index contributed by atoms with van der Waals surface area (Å²) in [5.41, 5.74) is 6.74. The molecule has 1 aromatic heterocycles. The van der Waals surface area contributed by atoms with E-state index in [1.165, 1.54) is 13.3 Å². The molecule has 3 N–H and O–H groups in total. The Balaban J connectivity index is 2.03. The van der Waals surface area contributed by atoms with Crippen LogP contribution in [0.2, 0.25) is 5.02 Å². The molecule has 2 aromatic rings. The molecule has 0 spiro atoms. The van der Waals surface area contributed by atoms with E-state index in [-0.39, 0.29) is 18.4 Å². The van der Waals surface area contributed by atoms with E-state index in [0.29, 0.717) is 22.0 Å². The van der Waals surface area contributed by atoms with Crippen LogP contribution in [0.3, 0.4) is 0 Å². The molecule has 1 aromatic carbocycles. The number of pyridine rings is 1. The maximum atomic E-state index is 12.3. The van der Waals surface area contributed by atoms with Gasteiger partial charge in [-0.2, -0.15) is 13.2 Å². The van der Waals surface area contributed by atoms with Gasteiger partial charge in [-0.1, -0.05) is 17.7 Å². The first kappa shape index (κ1) is 19.6. The van der Waals surface area contributed by atoms with Crippen molar-refractivity contribution < 1.29 is 22.6 Å². The Morgan fingerprint density at radius 1 is 1.35 bits per heavy atom. The number of methoxy groups -OCH3 is 1. The molecular formula is C16H16ClF3N4O2. The number of halogens is 4. The van der Waals surface area contributed by atoms with Crippen LogP contribution in [0.15, 0.2) is 41.5 Å². The highest BCUT2D eigenvalue weighted by atomic mass is 35.5. The van der Waals surface area contributed by atoms with E-state index in [1.807, 2.05) is 0 Å². The normalized spacial score (nSPS) is 12.0. The number of benzene rings is 1. The molecule has 0 bridgehead atoms. The summed E-state index contributed by atoms with van der Waals surface area (Å²) < 4.78 is 46.6. The number of aromatic nitrogens is 1. The molecule has 0 aliphatic rings. The summed E-state index contributed by atoms with van der Waals surface area (Å²) in [6.07, 6.45) is -3.12. The Bertz CT molecular complexity index is 784. The minimum absolute atomic E-state index is 0.0102. The van der Waals surface area contributed by atoms with Gasteiger partial charge in [0, 0.05) is 17.4 Å². The molecule has 2 rings (SSSR count). The first-order valence-electron chi connectivity index (χ1n) is 7.32. The van der Waals surface area contributed by atoms with Crippen LogP contribution in [0.1, 0.15) is 5.56 Å². The van der Waals surface area contributed by atoms with Crippen LogP contribution in [0.25, 0.3) is 0 Å². The zero-order chi connectivity index (χ0) is 19.2. The maximum absolute atomic E-state index is 12.3. The van der Waals surface area contributed by atoms with Gasteiger partial charge in [-0.05, 0) is 24.3 Å². The third-order valence-electron chi connectivity index (χ3n) is 3.07. The summed E-state index contributed by atoms with van der Waals surface area (Å²) >= 11 is 6.02. The molecule has 10 heteroatoms. The van der Waals surface area contributed by atoms with Crippen LogP contribution in [0.5, 0.6) is 11.6 Å². The molecule has 0 saturated heterocycles. The Morgan fingerprint density at radius 2 is 2.12 bits per heavy atom. The van der Waals surface area contributed by atoms with Gasteiger partial charge in [0.2, 0.25) is 5.88 Å². The van der Waals surface area contributed by atoms with Crippen molar-refractivity contribution in [1.82, 2.24) is 4.98 Å². The number of aliphatic imine (C=N–C) groups is 1. The Hall–Kier alpha value is -2.68. The van der Waals surface area contributed by atoms with Crippen molar-refractivity contribution in [3.63, 3.8) is 0 Å². The predicted molar refractivity (Wildman–Crippen MR) is 92.7 cm³/mol. The monoisotopic (exact) mass is 388 g/mol. The number of hydrogen-bond donors (Lipinski definition) is 2. The van der Waals surface area contributed by atoms with Gasteiger partial charge in [-0.15, -0.1) is 0 Å². The number of hydrogen-bond acceptors (Lipinski definition) is 4. The molecular weight excluding hydrogens is 373 g/mol. The van der Waals surface area contributed by atoms with E-state index in [9.17, 15) is 13.2 Å². The molecule has 1 heterocycles. The Labute approximate surface area is 152 Å². The van der Waals surface area contributed by atoms with Gasteiger partial charge in [0.15, 0.2) is 12.6 Å². The van der Waals surface area contributed by atoms with Gasteiger partial charge in [0.05, 0.1) is 18.7 Å². The van der Waals surface area contributed by atoms with E-state index >= 15 is 0 Å². The highest BCUT2D eigenvalue weighted by Crippen LogP contribution is 2.27. The standard InChI is InChI=1S/C16H16ClF3N4O2/c1-25-13-5-4-11(7-12(13)17)24-15(21)23-8-10-3-2-6-22-14(10)26-9-16(18,19)20/h2-7H,8-9H2,1H3,(H3,21,23,24). The van der Waals surface area contributed by atoms with E-state index in [2.05, 4.69) is 15.3 Å². The molecule has 140 valence electrons. The fourth-order valence-corrected chi connectivity index (χ4v) is 2.18. The minimum Gasteiger partial charge on any atom is -0.495 e. The summed E-state index contributed by atoms with van der Waals surface area (Å²) in [5, 5.41) is 3.22. The van der Waals surface area contributed by atoms with Crippen LogP contribution in [-0.4, -0.2) is 30.8 Å². The molecule has 0 fully saturated rings. The first-order valence-corrected chi connectivity index (χ1v) is 7.70. The summed E-state index contributed by atoms with van der Waals surface area (Å²) in [5.74, 6) is 0.417. The second-order valence-corrected chi connectivity index (χ2v) is 5.45. The van der Waals surface area contributed by atoms with Crippen molar-refractivity contribution in [2.24, 2.45) is 10.7 Å². The predicted octanol–water partition coefficient (Wildman–Crippen LogP) is 3.61. The smallest absolute Gasteiger partial charge is 0.422 e. The summed E-state index contributed by atoms with van der Waals surface area (Å²) in [7, 11) is 1.50. The van der Waals surface area contributed by atoms with Crippen LogP contribution < -0.4 is 20.5 Å². The van der Waals surface area contributed by atoms with Crippen LogP contribution in [0.4, 0.5) is 18.9 Å². The largest absolute Gasteiger partial charge is 0.495 e. The molecule has 26 heavy (non-hydrogen) atoms. The third kappa shape index (κ3) is 5.99. The van der Waals surface area contributed by atoms with Crippen molar-refractivity contribution in [2.75, 3.05) is 19.0 Å². The zero-order valence-corrected chi connectivity index (χ0v) is 14.4. The second kappa shape index (κ2) is 8.61. The summed E-state index contributed by atoms with van der Waals surface area (Å²) in [6, 6.07) is 8.07. The lowest BCUT2D eigenvalue weighted by Gasteiger charge is -2.11. The third-order valence-corrected chi connectivity index (χ3v) is 3.36. The number of nitrogens with zero attached hydrogens (tertiary/aromatic N) is 2. The zero-order valence-electron chi connectivity index (χ0n) is 13.7. The second-order valence-electron chi connectivity index (χ2n) is 5.05. The topological polar surface area (TPSA) is 81.8 Å². The van der Waals surface area contributed by atoms with Crippen LogP contribution in [-0.2, 0) is 6.54 Å². The van der Waals surface area contributed by atoms with Gasteiger partial charge in [0.25, 0.3) is 0 Å². The van der Waals surface area contributed by atoms with Gasteiger partial charge < -0.3 is 20.5 Å². The number of nitrogens with one attached hydrogen (secondary N) is 1. The highest BCUT2D eigenvalue weighted by molar-refractivity contribution is 6.32. The molecule has 6 nitrogen and oxygen atoms in total. The van der Waals surface area contributed by atoms with E-state index in [1.54, 1.807) is 30.3 Å². The molecule has 0 aliphatic carbocycles. The number of rotatable bonds is 6. The number of guanidine groups is 1. The fourth-order valence-electron chi connectivity index (χ4n) is 1.93. The number of anilines is 1. The summed E-state index contributed by atoms with van der Waals surface area (Å²) in [6.45, 7) is -1.44. The van der Waals surface area contributed by atoms with Gasteiger partial charge in [-0.25, -0.2) is 9.98 Å². The van der Waals surface area contributed by atoms with Crippen LogP contribution in [0, 0.1) is 0 Å². The minimum atomic E-state index is -4.45. The average Bonchev–Trinajstić information content (AvgIpc) is 2.58. The molecule has 0 unspecified atom stereocenters. The Morgan fingerprint density at radius 3 is 2.77 bits per heavy atom. The lowest BCUT2D eigenvalue weighted by atomic mass is 10.3. The number of nitrogens with two attached hydrogens (primary N) is 1.